The van der Waals surface area contributed by atoms with Crippen molar-refractivity contribution in [3.05, 3.63) is 77.3 Å². The number of hydrogen-bond donors (Lipinski definition) is 2. The summed E-state index contributed by atoms with van der Waals surface area (Å²) in [5, 5.41) is 6.37. The van der Waals surface area contributed by atoms with Gasteiger partial charge in [0.1, 0.15) is 17.4 Å². The van der Waals surface area contributed by atoms with Gasteiger partial charge in [0.2, 0.25) is 5.91 Å². The molecule has 0 spiro atoms. The minimum Gasteiger partial charge on any atom is -0.491 e. The Bertz CT molecular complexity index is 1260. The number of aryl methyl sites for hydroxylation is 1. The molecule has 2 N–H and O–H groups in total. The highest BCUT2D eigenvalue weighted by molar-refractivity contribution is 6.11. The fourth-order valence-corrected chi connectivity index (χ4v) is 5.51. The molecule has 1 amide bonds. The number of nitrogens with one attached hydrogen (secondary N) is 2. The number of fused-ring (bicyclic) bond motifs is 2. The lowest BCUT2D eigenvalue weighted by molar-refractivity contribution is -0.111. The van der Waals surface area contributed by atoms with Crippen LogP contribution >= 0.6 is 0 Å². The number of amides is 1. The molecule has 1 aliphatic heterocycles. The first-order valence-electron chi connectivity index (χ1n) is 13.1. The van der Waals surface area contributed by atoms with Crippen molar-refractivity contribution in [2.24, 2.45) is 22.7 Å². The van der Waals surface area contributed by atoms with E-state index >= 15 is 0 Å². The predicted octanol–water partition coefficient (Wildman–Crippen LogP) is 5.54. The Balaban J connectivity index is 1.42. The summed E-state index contributed by atoms with van der Waals surface area (Å²) >= 11 is 0. The Hall–Kier alpha value is -3.45. The molecule has 194 valence electrons. The number of aliphatic imine (C=N–C) groups is 1. The van der Waals surface area contributed by atoms with Crippen molar-refractivity contribution in [2.45, 2.75) is 32.6 Å². The monoisotopic (exact) mass is 502 g/mol. The first-order chi connectivity index (χ1) is 17.9. The molecule has 0 radical (unpaired) electrons. The third kappa shape index (κ3) is 5.93. The number of rotatable bonds is 8. The zero-order valence-corrected chi connectivity index (χ0v) is 21.8. The molecule has 5 rings (SSSR count). The number of hydrogen-bond acceptors (Lipinski definition) is 5. The third-order valence-electron chi connectivity index (χ3n) is 7.54. The van der Waals surface area contributed by atoms with Crippen LogP contribution in [0.5, 0.6) is 5.75 Å². The van der Waals surface area contributed by atoms with Gasteiger partial charge in [-0.25, -0.2) is 9.38 Å². The van der Waals surface area contributed by atoms with Crippen LogP contribution in [-0.4, -0.2) is 43.9 Å². The molecule has 2 unspecified atom stereocenters. The second kappa shape index (κ2) is 10.9. The highest BCUT2D eigenvalue weighted by Crippen LogP contribution is 2.57. The number of halogens is 1. The van der Waals surface area contributed by atoms with Crippen molar-refractivity contribution in [3.63, 3.8) is 0 Å². The van der Waals surface area contributed by atoms with E-state index in [0.717, 1.165) is 28.7 Å². The average Bonchev–Trinajstić information content (AvgIpc) is 3.36. The minimum atomic E-state index is -0.248. The van der Waals surface area contributed by atoms with Crippen molar-refractivity contribution in [1.82, 2.24) is 4.90 Å². The molecular formula is C30H35FN4O2. The molecule has 2 aromatic rings. The van der Waals surface area contributed by atoms with E-state index in [2.05, 4.69) is 15.6 Å². The first-order valence-corrected chi connectivity index (χ1v) is 13.1. The van der Waals surface area contributed by atoms with Crippen LogP contribution in [0.1, 0.15) is 36.0 Å². The van der Waals surface area contributed by atoms with Crippen molar-refractivity contribution in [2.75, 3.05) is 37.9 Å². The molecule has 0 saturated heterocycles. The van der Waals surface area contributed by atoms with Gasteiger partial charge >= 0.3 is 0 Å². The van der Waals surface area contributed by atoms with Crippen LogP contribution in [0.15, 0.2) is 59.8 Å². The van der Waals surface area contributed by atoms with E-state index in [9.17, 15) is 9.18 Å². The van der Waals surface area contributed by atoms with Gasteiger partial charge in [-0.1, -0.05) is 18.6 Å². The number of anilines is 2. The summed E-state index contributed by atoms with van der Waals surface area (Å²) in [6.07, 6.45) is 11.8. The van der Waals surface area contributed by atoms with E-state index in [0.29, 0.717) is 48.3 Å². The summed E-state index contributed by atoms with van der Waals surface area (Å²) < 4.78 is 20.2. The van der Waals surface area contributed by atoms with E-state index < -0.39 is 0 Å². The number of ether oxygens (including phenoxy) is 1. The summed E-state index contributed by atoms with van der Waals surface area (Å²) in [6, 6.07) is 8.86. The maximum absolute atomic E-state index is 13.8. The highest BCUT2D eigenvalue weighted by atomic mass is 19.1. The molecule has 2 saturated carbocycles. The molecule has 6 nitrogen and oxygen atoms in total. The van der Waals surface area contributed by atoms with E-state index in [4.69, 9.17) is 4.74 Å². The van der Waals surface area contributed by atoms with Gasteiger partial charge in [0.15, 0.2) is 0 Å². The van der Waals surface area contributed by atoms with Gasteiger partial charge in [-0.15, -0.1) is 0 Å². The third-order valence-corrected chi connectivity index (χ3v) is 7.54. The number of nitrogens with zero attached hydrogens (tertiary/aromatic N) is 2. The maximum Gasteiger partial charge on any atom is 0.248 e. The summed E-state index contributed by atoms with van der Waals surface area (Å²) in [7, 11) is 3.91. The SMILES string of the molecule is Cc1cc(NC2=NC=CCc3cc(OCC4C5CCCC54)c(NC(=O)/C=C/CN(C)C)cc32)ccc1F. The lowest BCUT2D eigenvalue weighted by atomic mass is 10.0. The largest absolute Gasteiger partial charge is 0.491 e. The fraction of sp³-hybridized carbons (Fsp3) is 0.400. The van der Waals surface area contributed by atoms with Gasteiger partial charge in [0.05, 0.1) is 12.3 Å². The minimum absolute atomic E-state index is 0.206. The lowest BCUT2D eigenvalue weighted by Crippen LogP contribution is -2.18. The molecule has 1 heterocycles. The summed E-state index contributed by atoms with van der Waals surface area (Å²) in [5.74, 6) is 3.10. The van der Waals surface area contributed by atoms with Crippen molar-refractivity contribution >= 4 is 23.1 Å². The Morgan fingerprint density at radius 2 is 2.03 bits per heavy atom. The van der Waals surface area contributed by atoms with Gasteiger partial charge in [0.25, 0.3) is 0 Å². The van der Waals surface area contributed by atoms with Crippen LogP contribution in [0.25, 0.3) is 0 Å². The number of carbonyl (C=O) groups excluding carboxylic acids is 1. The Labute approximate surface area is 218 Å². The highest BCUT2D eigenvalue weighted by Gasteiger charge is 2.52. The molecule has 2 aliphatic carbocycles. The van der Waals surface area contributed by atoms with Gasteiger partial charge in [-0.05, 0) is 99.5 Å². The molecule has 7 heteroatoms. The van der Waals surface area contributed by atoms with E-state index in [1.165, 1.54) is 25.3 Å². The summed E-state index contributed by atoms with van der Waals surface area (Å²) in [6.45, 7) is 3.09. The van der Waals surface area contributed by atoms with Crippen LogP contribution in [0.4, 0.5) is 15.8 Å². The van der Waals surface area contributed by atoms with Crippen LogP contribution < -0.4 is 15.4 Å². The van der Waals surface area contributed by atoms with Crippen LogP contribution in [0.3, 0.4) is 0 Å². The van der Waals surface area contributed by atoms with Crippen LogP contribution in [0, 0.1) is 30.5 Å². The second-order valence-corrected chi connectivity index (χ2v) is 10.5. The van der Waals surface area contributed by atoms with Gasteiger partial charge in [-0.2, -0.15) is 0 Å². The van der Waals surface area contributed by atoms with E-state index in [1.807, 2.05) is 43.3 Å². The van der Waals surface area contributed by atoms with Gasteiger partial charge < -0.3 is 20.3 Å². The van der Waals surface area contributed by atoms with Crippen molar-refractivity contribution < 1.29 is 13.9 Å². The molecule has 3 aliphatic rings. The number of carbonyl (C=O) groups is 1. The van der Waals surface area contributed by atoms with Crippen LogP contribution in [0.2, 0.25) is 0 Å². The van der Waals surface area contributed by atoms with Gasteiger partial charge in [0, 0.05) is 30.1 Å². The molecular weight excluding hydrogens is 467 g/mol. The number of allylic oxidation sites excluding steroid dienone is 1. The van der Waals surface area contributed by atoms with Crippen molar-refractivity contribution in [3.8, 4) is 5.75 Å². The predicted molar refractivity (Wildman–Crippen MR) is 147 cm³/mol. The topological polar surface area (TPSA) is 66.0 Å². The smallest absolute Gasteiger partial charge is 0.248 e. The molecule has 0 aromatic heterocycles. The summed E-state index contributed by atoms with van der Waals surface area (Å²) in [5.41, 5.74) is 3.84. The Morgan fingerprint density at radius 3 is 2.78 bits per heavy atom. The van der Waals surface area contributed by atoms with E-state index in [1.54, 1.807) is 31.3 Å². The molecule has 0 bridgehead atoms. The van der Waals surface area contributed by atoms with Crippen molar-refractivity contribution in [1.29, 1.82) is 0 Å². The molecule has 2 atom stereocenters. The maximum atomic E-state index is 13.8. The lowest BCUT2D eigenvalue weighted by Gasteiger charge is -2.18. The molecule has 2 fully saturated rings. The zero-order valence-electron chi connectivity index (χ0n) is 21.8. The first kappa shape index (κ1) is 25.2. The number of likely N-dealkylation sites (N-methyl/N-ethyl adjacent to an activating group) is 1. The van der Waals surface area contributed by atoms with E-state index in [-0.39, 0.29) is 11.7 Å². The Kier molecular flexibility index (Phi) is 7.42. The number of benzene rings is 2. The second-order valence-electron chi connectivity index (χ2n) is 10.5. The Morgan fingerprint density at radius 1 is 1.22 bits per heavy atom. The van der Waals surface area contributed by atoms with Gasteiger partial charge in [-0.3, -0.25) is 4.79 Å². The quantitative estimate of drug-likeness (QED) is 0.465. The summed E-state index contributed by atoms with van der Waals surface area (Å²) in [4.78, 5) is 19.4. The fourth-order valence-electron chi connectivity index (χ4n) is 5.51. The number of amidine groups is 1. The molecule has 37 heavy (non-hydrogen) atoms. The normalized spacial score (nSPS) is 21.9. The average molecular weight is 503 g/mol. The zero-order chi connectivity index (χ0) is 25.9. The standard InChI is InChI=1S/C30H35FN4O2/c1-19-15-21(11-12-26(19)31)33-30-24-17-27(34-29(36)10-6-14-35(2)3)28(16-20(24)7-5-13-32-30)37-18-25-22-8-4-9-23(22)25/h5-6,10-13,15-17,22-23,25H,4,7-9,14,18H2,1-3H3,(H,32,33)(H,34,36)/b10-6+. The van der Waals surface area contributed by atoms with Crippen LogP contribution in [-0.2, 0) is 11.2 Å². The molecule has 2 aromatic carbocycles.